The molecule has 1 atom stereocenters. The highest BCUT2D eigenvalue weighted by Crippen LogP contribution is 2.34. The van der Waals surface area contributed by atoms with Gasteiger partial charge in [0.05, 0.1) is 11.4 Å². The van der Waals surface area contributed by atoms with Crippen molar-refractivity contribution in [2.45, 2.75) is 6.17 Å². The lowest BCUT2D eigenvalue weighted by Crippen LogP contribution is -2.43. The van der Waals surface area contributed by atoms with Gasteiger partial charge < -0.3 is 4.90 Å². The van der Waals surface area contributed by atoms with Gasteiger partial charge in [-0.2, -0.15) is 5.10 Å². The summed E-state index contributed by atoms with van der Waals surface area (Å²) in [5.74, 6) is 0. The van der Waals surface area contributed by atoms with Gasteiger partial charge in [-0.25, -0.2) is 4.99 Å². The van der Waals surface area contributed by atoms with Gasteiger partial charge >= 0.3 is 0 Å². The molecule has 0 saturated heterocycles. The van der Waals surface area contributed by atoms with Crippen LogP contribution in [0.15, 0.2) is 34.4 Å². The molecule has 0 radical (unpaired) electrons. The molecule has 0 spiro atoms. The van der Waals surface area contributed by atoms with Gasteiger partial charge in [-0.05, 0) is 12.1 Å². The second kappa shape index (κ2) is 2.72. The Labute approximate surface area is 85.9 Å². The summed E-state index contributed by atoms with van der Waals surface area (Å²) in [4.78, 5) is 6.25. The average Bonchev–Trinajstić information content (AvgIpc) is 2.67. The second-order valence-electron chi connectivity index (χ2n) is 3.11. The molecule has 1 aromatic carbocycles. The number of rotatable bonds is 0. The number of fused-ring (bicyclic) bond motifs is 3. The second-order valence-corrected chi connectivity index (χ2v) is 3.49. The van der Waals surface area contributed by atoms with Gasteiger partial charge in [0.25, 0.3) is 0 Å². The molecule has 0 aromatic heterocycles. The van der Waals surface area contributed by atoms with Crippen LogP contribution in [0.5, 0.6) is 0 Å². The molecule has 0 fully saturated rings. The van der Waals surface area contributed by atoms with Crippen LogP contribution < -0.4 is 10.3 Å². The van der Waals surface area contributed by atoms with Gasteiger partial charge in [-0.1, -0.05) is 23.7 Å². The summed E-state index contributed by atoms with van der Waals surface area (Å²) >= 11 is 6.01. The van der Waals surface area contributed by atoms with Crippen LogP contribution in [0.4, 0.5) is 11.4 Å². The maximum atomic E-state index is 6.01. The van der Waals surface area contributed by atoms with Crippen molar-refractivity contribution in [1.29, 1.82) is 0 Å². The predicted molar refractivity (Wildman–Crippen MR) is 57.3 cm³/mol. The topological polar surface area (TPSA) is 40.0 Å². The molecule has 1 unspecified atom stereocenters. The van der Waals surface area contributed by atoms with E-state index in [1.165, 1.54) is 0 Å². The Bertz CT molecular complexity index is 440. The lowest BCUT2D eigenvalue weighted by Gasteiger charge is -2.27. The summed E-state index contributed by atoms with van der Waals surface area (Å²) in [6.45, 7) is 0. The third kappa shape index (κ3) is 0.943. The third-order valence-corrected chi connectivity index (χ3v) is 2.56. The highest BCUT2D eigenvalue weighted by Gasteiger charge is 2.30. The predicted octanol–water partition coefficient (Wildman–Crippen LogP) is 1.65. The molecule has 3 rings (SSSR count). The first-order chi connectivity index (χ1) is 6.86. The number of hydrogen-bond acceptors (Lipinski definition) is 4. The monoisotopic (exact) mass is 206 g/mol. The number of benzene rings is 1. The molecule has 5 heteroatoms. The van der Waals surface area contributed by atoms with Crippen molar-refractivity contribution in [1.82, 2.24) is 5.43 Å². The number of hydrogen-bond donors (Lipinski definition) is 1. The Morgan fingerprint density at radius 3 is 3.14 bits per heavy atom. The minimum absolute atomic E-state index is 0.133. The Hall–Kier alpha value is -1.55. The summed E-state index contributed by atoms with van der Waals surface area (Å²) in [5, 5.41) is 4.48. The lowest BCUT2D eigenvalue weighted by atomic mass is 10.2. The van der Waals surface area contributed by atoms with Gasteiger partial charge in [0, 0.05) is 0 Å². The molecule has 2 aliphatic rings. The molecule has 1 N–H and O–H groups in total. The molecule has 2 aliphatic heterocycles. The van der Waals surface area contributed by atoms with Crippen molar-refractivity contribution in [3.05, 3.63) is 24.3 Å². The minimum Gasteiger partial charge on any atom is -0.300 e. The van der Waals surface area contributed by atoms with Gasteiger partial charge in [0.15, 0.2) is 11.3 Å². The van der Waals surface area contributed by atoms with Crippen LogP contribution in [-0.2, 0) is 0 Å². The standard InChI is InChI=1S/C9H7ClN4/c10-8-9-13-11-5-14(9)7-4-2-1-3-6(7)12-8/h1-5,9,13H. The molecule has 70 valence electrons. The van der Waals surface area contributed by atoms with Gasteiger partial charge in [0.1, 0.15) is 6.34 Å². The quantitative estimate of drug-likeness (QED) is 0.701. The van der Waals surface area contributed by atoms with E-state index in [9.17, 15) is 0 Å². The maximum Gasteiger partial charge on any atom is 0.174 e. The van der Waals surface area contributed by atoms with Crippen molar-refractivity contribution in [3.63, 3.8) is 0 Å². The molecule has 14 heavy (non-hydrogen) atoms. The Balaban J connectivity index is 2.20. The summed E-state index contributed by atoms with van der Waals surface area (Å²) < 4.78 is 0. The van der Waals surface area contributed by atoms with Gasteiger partial charge in [-0.3, -0.25) is 5.43 Å². The Morgan fingerprint density at radius 1 is 1.36 bits per heavy atom. The Kier molecular flexibility index (Phi) is 1.52. The molecular weight excluding hydrogens is 200 g/mol. The molecule has 4 nitrogen and oxygen atoms in total. The molecular formula is C9H7ClN4. The minimum atomic E-state index is -0.133. The number of nitrogens with one attached hydrogen (secondary N) is 1. The molecule has 0 amide bonds. The van der Waals surface area contributed by atoms with Crippen molar-refractivity contribution in [3.8, 4) is 0 Å². The van der Waals surface area contributed by atoms with E-state index in [1.807, 2.05) is 29.2 Å². The van der Waals surface area contributed by atoms with Crippen LogP contribution in [0.25, 0.3) is 0 Å². The van der Waals surface area contributed by atoms with Gasteiger partial charge in [0.2, 0.25) is 0 Å². The van der Waals surface area contributed by atoms with Crippen LogP contribution in [-0.4, -0.2) is 17.7 Å². The van der Waals surface area contributed by atoms with E-state index < -0.39 is 0 Å². The van der Waals surface area contributed by atoms with E-state index in [0.717, 1.165) is 11.4 Å². The molecule has 2 heterocycles. The summed E-state index contributed by atoms with van der Waals surface area (Å²) in [7, 11) is 0. The van der Waals surface area contributed by atoms with E-state index in [4.69, 9.17) is 11.6 Å². The summed E-state index contributed by atoms with van der Waals surface area (Å²) in [6, 6.07) is 7.83. The molecule has 1 aromatic rings. The van der Waals surface area contributed by atoms with E-state index in [0.29, 0.717) is 5.17 Å². The third-order valence-electron chi connectivity index (χ3n) is 2.27. The van der Waals surface area contributed by atoms with E-state index in [2.05, 4.69) is 15.5 Å². The normalized spacial score (nSPS) is 22.5. The molecule has 0 saturated carbocycles. The van der Waals surface area contributed by atoms with Crippen LogP contribution >= 0.6 is 11.6 Å². The van der Waals surface area contributed by atoms with Crippen LogP contribution in [0.1, 0.15) is 0 Å². The fourth-order valence-corrected chi connectivity index (χ4v) is 1.86. The number of nitrogens with zero attached hydrogens (tertiary/aromatic N) is 3. The SMILES string of the molecule is ClC1=Nc2ccccc2N2C=NNC12. The number of aliphatic imine (C=N–C) groups is 1. The van der Waals surface area contributed by atoms with Crippen molar-refractivity contribution in [2.75, 3.05) is 4.90 Å². The zero-order valence-corrected chi connectivity index (χ0v) is 7.94. The fourth-order valence-electron chi connectivity index (χ4n) is 1.62. The number of anilines is 1. The highest BCUT2D eigenvalue weighted by atomic mass is 35.5. The van der Waals surface area contributed by atoms with Crippen molar-refractivity contribution in [2.24, 2.45) is 10.1 Å². The highest BCUT2D eigenvalue weighted by molar-refractivity contribution is 6.67. The first-order valence-corrected chi connectivity index (χ1v) is 4.64. The first kappa shape index (κ1) is 7.82. The average molecular weight is 207 g/mol. The zero-order valence-electron chi connectivity index (χ0n) is 7.18. The van der Waals surface area contributed by atoms with Crippen LogP contribution in [0.3, 0.4) is 0 Å². The lowest BCUT2D eigenvalue weighted by molar-refractivity contribution is 0.720. The fraction of sp³-hybridized carbons (Fsp3) is 0.111. The first-order valence-electron chi connectivity index (χ1n) is 4.26. The van der Waals surface area contributed by atoms with Crippen LogP contribution in [0.2, 0.25) is 0 Å². The molecule has 0 aliphatic carbocycles. The van der Waals surface area contributed by atoms with Crippen molar-refractivity contribution < 1.29 is 0 Å². The largest absolute Gasteiger partial charge is 0.300 e. The zero-order chi connectivity index (χ0) is 9.54. The summed E-state index contributed by atoms with van der Waals surface area (Å²) in [6.07, 6.45) is 1.59. The van der Waals surface area contributed by atoms with Crippen LogP contribution in [0, 0.1) is 0 Å². The van der Waals surface area contributed by atoms with E-state index >= 15 is 0 Å². The summed E-state index contributed by atoms with van der Waals surface area (Å²) in [5.41, 5.74) is 4.78. The number of para-hydroxylation sites is 2. The van der Waals surface area contributed by atoms with Gasteiger partial charge in [-0.15, -0.1) is 0 Å². The number of halogens is 1. The maximum absolute atomic E-state index is 6.01. The van der Waals surface area contributed by atoms with E-state index in [1.54, 1.807) is 6.34 Å². The van der Waals surface area contributed by atoms with Crippen molar-refractivity contribution >= 4 is 34.5 Å². The smallest absolute Gasteiger partial charge is 0.174 e. The molecule has 0 bridgehead atoms. The number of hydrazone groups is 1. The van der Waals surface area contributed by atoms with E-state index in [-0.39, 0.29) is 6.17 Å². The Morgan fingerprint density at radius 2 is 2.21 bits per heavy atom.